The summed E-state index contributed by atoms with van der Waals surface area (Å²) in [6.07, 6.45) is 1.70. The molecule has 166 valence electrons. The van der Waals surface area contributed by atoms with E-state index in [1.165, 1.54) is 4.68 Å². The molecule has 4 aromatic rings. The van der Waals surface area contributed by atoms with Gasteiger partial charge >= 0.3 is 5.56 Å². The highest BCUT2D eigenvalue weighted by Crippen LogP contribution is 2.30. The van der Waals surface area contributed by atoms with Gasteiger partial charge in [0.1, 0.15) is 11.4 Å². The molecule has 7 heteroatoms. The van der Waals surface area contributed by atoms with Gasteiger partial charge in [-0.3, -0.25) is 4.79 Å². The molecule has 3 aromatic carbocycles. The van der Waals surface area contributed by atoms with Crippen LogP contribution in [0.2, 0.25) is 5.02 Å². The number of rotatable bonds is 5. The van der Waals surface area contributed by atoms with E-state index in [2.05, 4.69) is 27.4 Å². The molecule has 0 spiro atoms. The van der Waals surface area contributed by atoms with Crippen molar-refractivity contribution < 1.29 is 4.74 Å². The lowest BCUT2D eigenvalue weighted by molar-refractivity contribution is 0.463. The monoisotopic (exact) mass is 458 g/mol. The molecule has 1 N–H and O–H groups in total. The third kappa shape index (κ3) is 4.62. The van der Waals surface area contributed by atoms with Crippen LogP contribution in [0, 0.1) is 0 Å². The lowest BCUT2D eigenvalue weighted by Gasteiger charge is -2.30. The van der Waals surface area contributed by atoms with E-state index in [0.717, 1.165) is 37.3 Å². The fourth-order valence-corrected chi connectivity index (χ4v) is 4.01. The Kier molecular flexibility index (Phi) is 6.11. The number of benzene rings is 3. The van der Waals surface area contributed by atoms with Crippen molar-refractivity contribution >= 4 is 17.3 Å². The first-order chi connectivity index (χ1) is 16.2. The molecule has 5 rings (SSSR count). The van der Waals surface area contributed by atoms with Crippen LogP contribution in [-0.2, 0) is 0 Å². The molecule has 1 fully saturated rings. The lowest BCUT2D eigenvalue weighted by atomic mass is 10.1. The first-order valence-corrected chi connectivity index (χ1v) is 11.2. The average Bonchev–Trinajstić information content (AvgIpc) is 2.87. The van der Waals surface area contributed by atoms with Crippen LogP contribution in [0.3, 0.4) is 0 Å². The topological polar surface area (TPSA) is 59.4 Å². The number of hydrogen-bond donors (Lipinski definition) is 1. The van der Waals surface area contributed by atoms with Gasteiger partial charge in [0.15, 0.2) is 0 Å². The average molecular weight is 459 g/mol. The van der Waals surface area contributed by atoms with Crippen LogP contribution in [-0.4, -0.2) is 36.0 Å². The van der Waals surface area contributed by atoms with E-state index in [1.54, 1.807) is 30.5 Å². The molecule has 0 bridgehead atoms. The Bertz CT molecular complexity index is 1280. The molecule has 1 aliphatic rings. The molecule has 1 saturated heterocycles. The number of hydrogen-bond acceptors (Lipinski definition) is 5. The van der Waals surface area contributed by atoms with E-state index in [9.17, 15) is 4.79 Å². The first-order valence-electron chi connectivity index (χ1n) is 10.9. The molecule has 6 nitrogen and oxygen atoms in total. The number of ether oxygens (including phenoxy) is 1. The summed E-state index contributed by atoms with van der Waals surface area (Å²) in [7, 11) is 0. The highest BCUT2D eigenvalue weighted by atomic mass is 35.5. The summed E-state index contributed by atoms with van der Waals surface area (Å²) >= 11 is 6.02. The summed E-state index contributed by atoms with van der Waals surface area (Å²) in [6, 6.07) is 24.9. The van der Waals surface area contributed by atoms with Gasteiger partial charge in [-0.1, -0.05) is 54.1 Å². The van der Waals surface area contributed by atoms with E-state index in [1.807, 2.05) is 42.5 Å². The smallest absolute Gasteiger partial charge is 0.316 e. The van der Waals surface area contributed by atoms with Crippen molar-refractivity contribution in [2.75, 3.05) is 31.1 Å². The van der Waals surface area contributed by atoms with E-state index in [-0.39, 0.29) is 11.3 Å². The predicted molar refractivity (Wildman–Crippen MR) is 132 cm³/mol. The van der Waals surface area contributed by atoms with E-state index in [4.69, 9.17) is 16.3 Å². The minimum absolute atomic E-state index is 0.259. The van der Waals surface area contributed by atoms with Crippen molar-refractivity contribution in [2.24, 2.45) is 0 Å². The molecular weight excluding hydrogens is 436 g/mol. The van der Waals surface area contributed by atoms with Crippen LogP contribution in [0.4, 0.5) is 5.69 Å². The number of halogens is 1. The maximum atomic E-state index is 13.5. The largest absolute Gasteiger partial charge is 0.449 e. The van der Waals surface area contributed by atoms with Crippen molar-refractivity contribution in [3.63, 3.8) is 0 Å². The summed E-state index contributed by atoms with van der Waals surface area (Å²) in [4.78, 5) is 15.6. The molecule has 2 heterocycles. The van der Waals surface area contributed by atoms with Crippen LogP contribution in [0.5, 0.6) is 11.5 Å². The van der Waals surface area contributed by atoms with Gasteiger partial charge in [0.2, 0.25) is 5.75 Å². The SMILES string of the molecule is O=c1c(Oc2ccc(-c3ccccc3)cc2)c(N2CCNCC2)cnn1-c1ccc(Cl)cc1. The number of aromatic nitrogens is 2. The number of piperazine rings is 1. The number of nitrogens with one attached hydrogen (secondary N) is 1. The maximum absolute atomic E-state index is 13.5. The summed E-state index contributed by atoms with van der Waals surface area (Å²) < 4.78 is 7.55. The minimum atomic E-state index is -0.319. The Labute approximate surface area is 197 Å². The molecule has 1 aromatic heterocycles. The van der Waals surface area contributed by atoms with Crippen LogP contribution in [0.25, 0.3) is 16.8 Å². The van der Waals surface area contributed by atoms with Gasteiger partial charge in [-0.15, -0.1) is 0 Å². The highest BCUT2D eigenvalue weighted by molar-refractivity contribution is 6.30. The molecule has 0 atom stereocenters. The second kappa shape index (κ2) is 9.48. The lowest BCUT2D eigenvalue weighted by Crippen LogP contribution is -2.44. The Morgan fingerprint density at radius 1 is 0.848 bits per heavy atom. The fraction of sp³-hybridized carbons (Fsp3) is 0.154. The van der Waals surface area contributed by atoms with Gasteiger partial charge in [0.25, 0.3) is 0 Å². The summed E-state index contributed by atoms with van der Waals surface area (Å²) in [6.45, 7) is 3.22. The van der Waals surface area contributed by atoms with Gasteiger partial charge in [-0.25, -0.2) is 0 Å². The van der Waals surface area contributed by atoms with Crippen molar-refractivity contribution in [2.45, 2.75) is 0 Å². The molecule has 0 amide bonds. The second-order valence-corrected chi connectivity index (χ2v) is 8.22. The molecule has 1 aliphatic heterocycles. The quantitative estimate of drug-likeness (QED) is 0.467. The van der Waals surface area contributed by atoms with Gasteiger partial charge in [0, 0.05) is 31.2 Å². The molecule has 0 radical (unpaired) electrons. The van der Waals surface area contributed by atoms with Crippen molar-refractivity contribution in [3.8, 4) is 28.3 Å². The van der Waals surface area contributed by atoms with Crippen LogP contribution in [0.15, 0.2) is 89.9 Å². The molecular formula is C26H23ClN4O2. The normalized spacial score (nSPS) is 13.7. The standard InChI is InChI=1S/C26H23ClN4O2/c27-21-8-10-22(11-9-21)31-26(32)25(24(18-29-31)30-16-14-28-15-17-30)33-23-12-6-20(7-13-23)19-4-2-1-3-5-19/h1-13,18,28H,14-17H2. The second-order valence-electron chi connectivity index (χ2n) is 7.78. The number of anilines is 1. The molecule has 33 heavy (non-hydrogen) atoms. The van der Waals surface area contributed by atoms with E-state index < -0.39 is 0 Å². The Balaban J connectivity index is 1.53. The van der Waals surface area contributed by atoms with Gasteiger partial charge in [0.05, 0.1) is 11.9 Å². The highest BCUT2D eigenvalue weighted by Gasteiger charge is 2.21. The first kappa shape index (κ1) is 21.2. The zero-order valence-corrected chi connectivity index (χ0v) is 18.7. The van der Waals surface area contributed by atoms with Crippen LogP contribution in [0.1, 0.15) is 0 Å². The van der Waals surface area contributed by atoms with Gasteiger partial charge < -0.3 is 15.0 Å². The third-order valence-corrected chi connectivity index (χ3v) is 5.88. The Morgan fingerprint density at radius 3 is 2.21 bits per heavy atom. The summed E-state index contributed by atoms with van der Waals surface area (Å²) in [5, 5.41) is 8.36. The van der Waals surface area contributed by atoms with Gasteiger partial charge in [-0.2, -0.15) is 9.78 Å². The van der Waals surface area contributed by atoms with Crippen molar-refractivity contribution in [3.05, 3.63) is 100 Å². The van der Waals surface area contributed by atoms with Crippen LogP contribution >= 0.6 is 11.6 Å². The fourth-order valence-electron chi connectivity index (χ4n) is 3.89. The van der Waals surface area contributed by atoms with Crippen molar-refractivity contribution in [1.29, 1.82) is 0 Å². The minimum Gasteiger partial charge on any atom is -0.449 e. The van der Waals surface area contributed by atoms with Crippen LogP contribution < -0.4 is 20.5 Å². The van der Waals surface area contributed by atoms with E-state index >= 15 is 0 Å². The predicted octanol–water partition coefficient (Wildman–Crippen LogP) is 4.75. The zero-order chi connectivity index (χ0) is 22.6. The summed E-state index contributed by atoms with van der Waals surface area (Å²) in [5.41, 5.74) is 3.21. The molecule has 0 saturated carbocycles. The summed E-state index contributed by atoms with van der Waals surface area (Å²) in [5.74, 6) is 0.853. The van der Waals surface area contributed by atoms with E-state index in [0.29, 0.717) is 22.1 Å². The zero-order valence-electron chi connectivity index (χ0n) is 17.9. The maximum Gasteiger partial charge on any atom is 0.316 e. The third-order valence-electron chi connectivity index (χ3n) is 5.62. The van der Waals surface area contributed by atoms with Gasteiger partial charge in [-0.05, 0) is 47.5 Å². The van der Waals surface area contributed by atoms with Crippen molar-refractivity contribution in [1.82, 2.24) is 15.1 Å². The molecule has 0 aliphatic carbocycles. The Morgan fingerprint density at radius 2 is 1.52 bits per heavy atom. The molecule has 0 unspecified atom stereocenters. The Hall–Kier alpha value is -3.61. The number of nitrogens with zero attached hydrogens (tertiary/aromatic N) is 3.